The summed E-state index contributed by atoms with van der Waals surface area (Å²) < 4.78 is 1.42. The van der Waals surface area contributed by atoms with E-state index in [9.17, 15) is 9.90 Å². The number of hydrogen-bond donors (Lipinski definition) is 2. The molecule has 1 fully saturated rings. The van der Waals surface area contributed by atoms with Crippen LogP contribution >= 0.6 is 15.9 Å². The molecule has 0 saturated carbocycles. The fourth-order valence-corrected chi connectivity index (χ4v) is 3.93. The number of benzene rings is 2. The number of aromatic hydroxyl groups is 1. The van der Waals surface area contributed by atoms with E-state index < -0.39 is 0 Å². The molecule has 1 aliphatic rings. The summed E-state index contributed by atoms with van der Waals surface area (Å²) in [6.45, 7) is 0.863. The molecule has 1 aliphatic heterocycles. The topological polar surface area (TPSA) is 63.3 Å². The number of nitrogens with two attached hydrogens (primary N) is 1. The summed E-state index contributed by atoms with van der Waals surface area (Å²) in [6, 6.07) is 15.0. The number of rotatable bonds is 4. The SMILES string of the molecule is NCC(=O)C1CCC[N+]1(c1ccc(Br)cc1)c1cccc(O)c1. The number of carbonyl (C=O) groups excluding carboxylic acids is 1. The Morgan fingerprint density at radius 1 is 1.22 bits per heavy atom. The molecule has 0 spiro atoms. The van der Waals surface area contributed by atoms with E-state index in [0.717, 1.165) is 35.2 Å². The summed E-state index contributed by atoms with van der Waals surface area (Å²) in [5, 5.41) is 9.93. The molecule has 0 amide bonds. The van der Waals surface area contributed by atoms with Gasteiger partial charge in [-0.15, -0.1) is 0 Å². The van der Waals surface area contributed by atoms with Crippen LogP contribution in [-0.4, -0.2) is 30.0 Å². The first kappa shape index (κ1) is 16.2. The molecule has 0 bridgehead atoms. The van der Waals surface area contributed by atoms with Crippen LogP contribution in [0, 0.1) is 0 Å². The van der Waals surface area contributed by atoms with Crippen LogP contribution in [0.3, 0.4) is 0 Å². The Morgan fingerprint density at radius 2 is 1.96 bits per heavy atom. The molecule has 120 valence electrons. The summed E-state index contributed by atoms with van der Waals surface area (Å²) >= 11 is 3.46. The molecular weight excluding hydrogens is 356 g/mol. The standard InChI is InChI=1S/C18H19BrN2O2/c19-13-6-8-14(9-7-13)21(15-3-1-4-16(22)11-15)10-2-5-17(21)18(23)12-20/h1,3-4,6-9,11,17H,2,5,10,12,20H2/p+1. The third-order valence-electron chi connectivity index (χ3n) is 4.67. The van der Waals surface area contributed by atoms with Gasteiger partial charge in [-0.1, -0.05) is 22.0 Å². The van der Waals surface area contributed by atoms with Crippen molar-refractivity contribution in [2.75, 3.05) is 13.1 Å². The van der Waals surface area contributed by atoms with Crippen LogP contribution in [0.5, 0.6) is 5.75 Å². The Morgan fingerprint density at radius 3 is 2.61 bits per heavy atom. The van der Waals surface area contributed by atoms with Crippen molar-refractivity contribution in [1.82, 2.24) is 4.48 Å². The lowest BCUT2D eigenvalue weighted by atomic mass is 10.0. The zero-order valence-electron chi connectivity index (χ0n) is 12.8. The zero-order valence-corrected chi connectivity index (χ0v) is 14.4. The number of halogens is 1. The maximum atomic E-state index is 12.5. The van der Waals surface area contributed by atoms with Crippen molar-refractivity contribution in [2.24, 2.45) is 5.73 Å². The third-order valence-corrected chi connectivity index (χ3v) is 5.20. The van der Waals surface area contributed by atoms with Gasteiger partial charge in [-0.3, -0.25) is 4.79 Å². The van der Waals surface area contributed by atoms with E-state index in [1.165, 1.54) is 0 Å². The molecular formula is C18H20BrN2O2+. The molecule has 2 aromatic carbocycles. The lowest BCUT2D eigenvalue weighted by Gasteiger charge is -2.38. The third kappa shape index (κ3) is 2.80. The zero-order chi connectivity index (χ0) is 16.4. The minimum Gasteiger partial charge on any atom is -0.508 e. The first-order valence-corrected chi connectivity index (χ1v) is 8.53. The average molecular weight is 376 g/mol. The van der Waals surface area contributed by atoms with Gasteiger partial charge in [0.05, 0.1) is 13.1 Å². The second-order valence-corrected chi connectivity index (χ2v) is 6.83. The molecule has 0 aliphatic carbocycles. The normalized spacial score (nSPS) is 23.8. The van der Waals surface area contributed by atoms with Gasteiger partial charge >= 0.3 is 0 Å². The first-order chi connectivity index (χ1) is 11.1. The smallest absolute Gasteiger partial charge is 0.204 e. The lowest BCUT2D eigenvalue weighted by molar-refractivity contribution is -0.120. The Labute approximate surface area is 144 Å². The van der Waals surface area contributed by atoms with Gasteiger partial charge < -0.3 is 10.8 Å². The number of phenols is 1. The number of hydrogen-bond acceptors (Lipinski definition) is 3. The fourth-order valence-electron chi connectivity index (χ4n) is 3.67. The van der Waals surface area contributed by atoms with Crippen LogP contribution in [0.4, 0.5) is 11.4 Å². The number of carbonyl (C=O) groups is 1. The quantitative estimate of drug-likeness (QED) is 0.803. The minimum atomic E-state index is -0.206. The average Bonchev–Trinajstić information content (AvgIpc) is 3.00. The van der Waals surface area contributed by atoms with E-state index >= 15 is 0 Å². The summed E-state index contributed by atoms with van der Waals surface area (Å²) in [5.41, 5.74) is 7.64. The molecule has 1 heterocycles. The molecule has 4 nitrogen and oxygen atoms in total. The van der Waals surface area contributed by atoms with Crippen LogP contribution < -0.4 is 10.2 Å². The summed E-state index contributed by atoms with van der Waals surface area (Å²) in [4.78, 5) is 12.5. The molecule has 3 N–H and O–H groups in total. The van der Waals surface area contributed by atoms with E-state index in [0.29, 0.717) is 4.48 Å². The van der Waals surface area contributed by atoms with Crippen molar-refractivity contribution in [1.29, 1.82) is 0 Å². The predicted octanol–water partition coefficient (Wildman–Crippen LogP) is 3.48. The van der Waals surface area contributed by atoms with Gasteiger partial charge in [-0.05, 0) is 24.3 Å². The molecule has 2 unspecified atom stereocenters. The fraction of sp³-hybridized carbons (Fsp3) is 0.278. The van der Waals surface area contributed by atoms with E-state index in [-0.39, 0.29) is 24.1 Å². The van der Waals surface area contributed by atoms with Gasteiger partial charge in [0.25, 0.3) is 0 Å². The van der Waals surface area contributed by atoms with Crippen LogP contribution in [0.15, 0.2) is 53.0 Å². The largest absolute Gasteiger partial charge is 0.508 e. The molecule has 2 atom stereocenters. The molecule has 0 aromatic heterocycles. The van der Waals surface area contributed by atoms with Crippen LogP contribution in [-0.2, 0) is 4.79 Å². The van der Waals surface area contributed by atoms with Crippen LogP contribution in [0.1, 0.15) is 12.8 Å². The van der Waals surface area contributed by atoms with Gasteiger partial charge in [0.2, 0.25) is 5.78 Å². The van der Waals surface area contributed by atoms with Crippen LogP contribution in [0.2, 0.25) is 0 Å². The number of ketones is 1. The summed E-state index contributed by atoms with van der Waals surface area (Å²) in [7, 11) is 0. The highest BCUT2D eigenvalue weighted by Gasteiger charge is 2.49. The van der Waals surface area contributed by atoms with Crippen molar-refractivity contribution in [2.45, 2.75) is 18.9 Å². The van der Waals surface area contributed by atoms with E-state index in [2.05, 4.69) is 15.9 Å². The van der Waals surface area contributed by atoms with Crippen molar-refractivity contribution in [3.8, 4) is 5.75 Å². The number of phenolic OH excluding ortho intramolecular Hbond substituents is 1. The van der Waals surface area contributed by atoms with Crippen molar-refractivity contribution >= 4 is 33.1 Å². The van der Waals surface area contributed by atoms with Gasteiger partial charge in [0.1, 0.15) is 17.1 Å². The number of quaternary nitrogens is 1. The van der Waals surface area contributed by atoms with Crippen molar-refractivity contribution < 1.29 is 9.90 Å². The Balaban J connectivity index is 2.21. The number of Topliss-reactive ketones (excluding diaryl/α,β-unsaturated/α-hetero) is 1. The Hall–Kier alpha value is -1.69. The highest BCUT2D eigenvalue weighted by molar-refractivity contribution is 9.10. The predicted molar refractivity (Wildman–Crippen MR) is 95.7 cm³/mol. The highest BCUT2D eigenvalue weighted by Crippen LogP contribution is 2.44. The monoisotopic (exact) mass is 375 g/mol. The van der Waals surface area contributed by atoms with Gasteiger partial charge in [-0.2, -0.15) is 0 Å². The van der Waals surface area contributed by atoms with E-state index in [4.69, 9.17) is 5.73 Å². The van der Waals surface area contributed by atoms with E-state index in [1.807, 2.05) is 36.4 Å². The first-order valence-electron chi connectivity index (χ1n) is 7.74. The van der Waals surface area contributed by atoms with Crippen molar-refractivity contribution in [3.63, 3.8) is 0 Å². The maximum Gasteiger partial charge on any atom is 0.204 e. The molecule has 5 heteroatoms. The van der Waals surface area contributed by atoms with Crippen LogP contribution in [0.25, 0.3) is 0 Å². The van der Waals surface area contributed by atoms with E-state index in [1.54, 1.807) is 12.1 Å². The molecule has 3 rings (SSSR count). The Kier molecular flexibility index (Phi) is 4.53. The maximum absolute atomic E-state index is 12.5. The minimum absolute atomic E-state index is 0.0417. The molecule has 2 aromatic rings. The molecule has 1 saturated heterocycles. The lowest BCUT2D eigenvalue weighted by Crippen LogP contribution is -2.53. The van der Waals surface area contributed by atoms with Gasteiger partial charge in [-0.25, -0.2) is 4.48 Å². The van der Waals surface area contributed by atoms with Crippen molar-refractivity contribution in [3.05, 3.63) is 53.0 Å². The second-order valence-electron chi connectivity index (χ2n) is 5.92. The Bertz CT molecular complexity index is 717. The van der Waals surface area contributed by atoms with Gasteiger partial charge in [0, 0.05) is 35.5 Å². The summed E-state index contributed by atoms with van der Waals surface area (Å²) in [6.07, 6.45) is 1.75. The number of nitrogens with zero attached hydrogens (tertiary/aromatic N) is 1. The highest BCUT2D eigenvalue weighted by atomic mass is 79.9. The second kappa shape index (κ2) is 6.43. The van der Waals surface area contributed by atoms with Gasteiger partial charge in [0.15, 0.2) is 6.04 Å². The summed E-state index contributed by atoms with van der Waals surface area (Å²) in [5.74, 6) is 0.275. The molecule has 23 heavy (non-hydrogen) atoms. The molecule has 0 radical (unpaired) electrons.